The van der Waals surface area contributed by atoms with E-state index in [2.05, 4.69) is 10.4 Å². The number of aliphatic hydroxyl groups excluding tert-OH is 1. The van der Waals surface area contributed by atoms with E-state index in [0.717, 1.165) is 19.3 Å². The van der Waals surface area contributed by atoms with E-state index in [-0.39, 0.29) is 35.4 Å². The Morgan fingerprint density at radius 3 is 2.96 bits per heavy atom. The van der Waals surface area contributed by atoms with E-state index in [1.165, 1.54) is 23.0 Å². The predicted molar refractivity (Wildman–Crippen MR) is 90.5 cm³/mol. The molecular formula is C17H20N4O4. The van der Waals surface area contributed by atoms with Crippen molar-refractivity contribution in [1.82, 2.24) is 15.1 Å². The highest BCUT2D eigenvalue weighted by Crippen LogP contribution is 2.37. The Bertz CT molecular complexity index is 803. The number of carbonyl (C=O) groups excluding carboxylic acids is 1. The molecule has 3 rings (SSSR count). The van der Waals surface area contributed by atoms with Gasteiger partial charge in [0, 0.05) is 23.7 Å². The maximum atomic E-state index is 12.5. The van der Waals surface area contributed by atoms with Gasteiger partial charge in [-0.2, -0.15) is 5.10 Å². The second kappa shape index (κ2) is 6.64. The normalized spacial score (nSPS) is 22.7. The fourth-order valence-electron chi connectivity index (χ4n) is 3.29. The third kappa shape index (κ3) is 3.25. The Morgan fingerprint density at radius 1 is 1.48 bits per heavy atom. The summed E-state index contributed by atoms with van der Waals surface area (Å²) in [6.45, 7) is 1.97. The Balaban J connectivity index is 1.80. The van der Waals surface area contributed by atoms with Crippen molar-refractivity contribution in [2.75, 3.05) is 6.61 Å². The Hall–Kier alpha value is -2.74. The molecule has 2 aromatic rings. The van der Waals surface area contributed by atoms with Crippen LogP contribution < -0.4 is 5.32 Å². The largest absolute Gasteiger partial charge is 0.396 e. The highest BCUT2D eigenvalue weighted by molar-refractivity contribution is 5.92. The first-order valence-corrected chi connectivity index (χ1v) is 8.16. The molecular weight excluding hydrogens is 324 g/mol. The molecule has 1 aliphatic carbocycles. The summed E-state index contributed by atoms with van der Waals surface area (Å²) in [4.78, 5) is 23.1. The van der Waals surface area contributed by atoms with Gasteiger partial charge in [-0.3, -0.25) is 14.9 Å². The van der Waals surface area contributed by atoms with Crippen LogP contribution in [0.5, 0.6) is 0 Å². The number of hydrogen-bond donors (Lipinski definition) is 2. The third-order valence-corrected chi connectivity index (χ3v) is 4.90. The molecule has 8 heteroatoms. The molecule has 25 heavy (non-hydrogen) atoms. The molecule has 1 heterocycles. The molecule has 1 amide bonds. The van der Waals surface area contributed by atoms with Crippen LogP contribution in [0, 0.1) is 15.5 Å². The minimum absolute atomic E-state index is 0.0165. The van der Waals surface area contributed by atoms with Gasteiger partial charge in [0.05, 0.1) is 11.5 Å². The SMILES string of the molecule is CC1(CO)CCCC1NC(=O)c1ccn(-c2ccccc2[N+](=O)[O-])n1. The number of hydrogen-bond acceptors (Lipinski definition) is 5. The minimum Gasteiger partial charge on any atom is -0.396 e. The zero-order valence-electron chi connectivity index (χ0n) is 13.9. The zero-order chi connectivity index (χ0) is 18.0. The van der Waals surface area contributed by atoms with Gasteiger partial charge in [-0.05, 0) is 25.0 Å². The summed E-state index contributed by atoms with van der Waals surface area (Å²) in [5.41, 5.74) is 0.0790. The van der Waals surface area contributed by atoms with Crippen LogP contribution in [-0.2, 0) is 0 Å². The molecule has 0 radical (unpaired) electrons. The number of nitro benzene ring substituents is 1. The summed E-state index contributed by atoms with van der Waals surface area (Å²) < 4.78 is 1.33. The van der Waals surface area contributed by atoms with E-state index in [1.807, 2.05) is 6.92 Å². The monoisotopic (exact) mass is 344 g/mol. The minimum atomic E-state index is -0.484. The van der Waals surface area contributed by atoms with Crippen LogP contribution >= 0.6 is 0 Å². The van der Waals surface area contributed by atoms with E-state index in [9.17, 15) is 20.0 Å². The van der Waals surface area contributed by atoms with E-state index < -0.39 is 4.92 Å². The fraction of sp³-hybridized carbons (Fsp3) is 0.412. The number of rotatable bonds is 5. The molecule has 1 saturated carbocycles. The predicted octanol–water partition coefficient (Wildman–Crippen LogP) is 2.06. The van der Waals surface area contributed by atoms with Crippen molar-refractivity contribution in [3.05, 3.63) is 52.3 Å². The lowest BCUT2D eigenvalue weighted by Crippen LogP contribution is -2.44. The maximum absolute atomic E-state index is 12.5. The molecule has 132 valence electrons. The average Bonchev–Trinajstić information content (AvgIpc) is 3.23. The van der Waals surface area contributed by atoms with Crippen molar-refractivity contribution in [2.45, 2.75) is 32.2 Å². The lowest BCUT2D eigenvalue weighted by atomic mass is 9.86. The van der Waals surface area contributed by atoms with Crippen molar-refractivity contribution in [2.24, 2.45) is 5.41 Å². The topological polar surface area (TPSA) is 110 Å². The smallest absolute Gasteiger partial charge is 0.294 e. The summed E-state index contributed by atoms with van der Waals surface area (Å²) >= 11 is 0. The van der Waals surface area contributed by atoms with Gasteiger partial charge in [0.2, 0.25) is 0 Å². The number of aromatic nitrogens is 2. The van der Waals surface area contributed by atoms with E-state index in [0.29, 0.717) is 5.69 Å². The molecule has 0 aliphatic heterocycles. The lowest BCUT2D eigenvalue weighted by Gasteiger charge is -2.29. The Morgan fingerprint density at radius 2 is 2.24 bits per heavy atom. The van der Waals surface area contributed by atoms with Crippen molar-refractivity contribution in [3.63, 3.8) is 0 Å². The number of aliphatic hydroxyl groups is 1. The first-order chi connectivity index (χ1) is 11.9. The van der Waals surface area contributed by atoms with E-state index in [1.54, 1.807) is 18.2 Å². The van der Waals surface area contributed by atoms with Gasteiger partial charge in [0.25, 0.3) is 11.6 Å². The van der Waals surface area contributed by atoms with Crippen molar-refractivity contribution >= 4 is 11.6 Å². The summed E-state index contributed by atoms with van der Waals surface area (Å²) in [5, 5.41) is 27.8. The molecule has 1 aliphatic rings. The van der Waals surface area contributed by atoms with Gasteiger partial charge in [-0.1, -0.05) is 25.5 Å². The molecule has 0 bridgehead atoms. The van der Waals surface area contributed by atoms with Gasteiger partial charge in [-0.25, -0.2) is 4.68 Å². The number of carbonyl (C=O) groups is 1. The number of benzene rings is 1. The lowest BCUT2D eigenvalue weighted by molar-refractivity contribution is -0.384. The van der Waals surface area contributed by atoms with Crippen LogP contribution in [0.2, 0.25) is 0 Å². The summed E-state index contributed by atoms with van der Waals surface area (Å²) in [5.74, 6) is -0.344. The number of nitrogens with zero attached hydrogens (tertiary/aromatic N) is 3. The second-order valence-electron chi connectivity index (χ2n) is 6.62. The number of amides is 1. The molecule has 0 saturated heterocycles. The van der Waals surface area contributed by atoms with Crippen LogP contribution in [0.1, 0.15) is 36.7 Å². The Kier molecular flexibility index (Phi) is 4.54. The van der Waals surface area contributed by atoms with E-state index in [4.69, 9.17) is 0 Å². The van der Waals surface area contributed by atoms with Crippen LogP contribution in [0.3, 0.4) is 0 Å². The molecule has 1 fully saturated rings. The average molecular weight is 344 g/mol. The first kappa shape index (κ1) is 17.1. The number of nitrogens with one attached hydrogen (secondary N) is 1. The molecule has 1 aromatic carbocycles. The van der Waals surface area contributed by atoms with Crippen LogP contribution in [0.25, 0.3) is 5.69 Å². The third-order valence-electron chi connectivity index (χ3n) is 4.90. The molecule has 0 spiro atoms. The highest BCUT2D eigenvalue weighted by atomic mass is 16.6. The second-order valence-corrected chi connectivity index (χ2v) is 6.62. The van der Waals surface area contributed by atoms with Crippen molar-refractivity contribution < 1.29 is 14.8 Å². The van der Waals surface area contributed by atoms with Crippen LogP contribution in [0.15, 0.2) is 36.5 Å². The number of nitro groups is 1. The molecule has 8 nitrogen and oxygen atoms in total. The standard InChI is InChI=1S/C17H20N4O4/c1-17(11-22)9-4-7-15(17)18-16(23)12-8-10-20(19-12)13-5-2-3-6-14(13)21(24)25/h2-3,5-6,8,10,15,22H,4,7,9,11H2,1H3,(H,18,23). The van der Waals surface area contributed by atoms with Crippen LogP contribution in [0.4, 0.5) is 5.69 Å². The molecule has 2 N–H and O–H groups in total. The van der Waals surface area contributed by atoms with E-state index >= 15 is 0 Å². The fourth-order valence-corrected chi connectivity index (χ4v) is 3.29. The molecule has 1 aromatic heterocycles. The van der Waals surface area contributed by atoms with Gasteiger partial charge in [0.15, 0.2) is 5.69 Å². The number of para-hydroxylation sites is 2. The van der Waals surface area contributed by atoms with Crippen molar-refractivity contribution in [3.8, 4) is 5.69 Å². The zero-order valence-corrected chi connectivity index (χ0v) is 13.9. The molecule has 2 unspecified atom stereocenters. The van der Waals surface area contributed by atoms with Gasteiger partial charge >= 0.3 is 0 Å². The van der Waals surface area contributed by atoms with Gasteiger partial charge < -0.3 is 10.4 Å². The van der Waals surface area contributed by atoms with Crippen LogP contribution in [-0.4, -0.2) is 38.4 Å². The summed E-state index contributed by atoms with van der Waals surface area (Å²) in [7, 11) is 0. The quantitative estimate of drug-likeness (QED) is 0.637. The van der Waals surface area contributed by atoms with Gasteiger partial charge in [0.1, 0.15) is 5.69 Å². The maximum Gasteiger partial charge on any atom is 0.294 e. The Labute approximate surface area is 144 Å². The first-order valence-electron chi connectivity index (χ1n) is 8.16. The van der Waals surface area contributed by atoms with Crippen molar-refractivity contribution in [1.29, 1.82) is 0 Å². The summed E-state index contributed by atoms with van der Waals surface area (Å²) in [6, 6.07) is 7.64. The molecule has 2 atom stereocenters. The highest BCUT2D eigenvalue weighted by Gasteiger charge is 2.39. The van der Waals surface area contributed by atoms with Gasteiger partial charge in [-0.15, -0.1) is 0 Å². The summed E-state index contributed by atoms with van der Waals surface area (Å²) in [6.07, 6.45) is 4.15.